The van der Waals surface area contributed by atoms with Crippen molar-refractivity contribution in [3.05, 3.63) is 28.8 Å². The molecule has 0 spiro atoms. The average molecular weight is 277 g/mol. The zero-order chi connectivity index (χ0) is 15.5. The quantitative estimate of drug-likeness (QED) is 0.809. The van der Waals surface area contributed by atoms with Crippen LogP contribution in [0.5, 0.6) is 0 Å². The van der Waals surface area contributed by atoms with Gasteiger partial charge in [-0.3, -0.25) is 4.90 Å². The van der Waals surface area contributed by atoms with Crippen molar-refractivity contribution in [2.75, 3.05) is 18.1 Å². The van der Waals surface area contributed by atoms with Crippen LogP contribution in [-0.4, -0.2) is 19.2 Å². The highest BCUT2D eigenvalue weighted by Crippen LogP contribution is 2.32. The monoisotopic (exact) mass is 277 g/mol. The summed E-state index contributed by atoms with van der Waals surface area (Å²) in [5.74, 6) is 0. The van der Waals surface area contributed by atoms with Crippen LogP contribution in [0.25, 0.3) is 0 Å². The Kier molecular flexibility index (Phi) is 5.21. The fourth-order valence-electron chi connectivity index (χ4n) is 2.39. The molecule has 1 rings (SSSR count). The molecule has 0 aliphatic heterocycles. The van der Waals surface area contributed by atoms with E-state index in [-0.39, 0.29) is 11.5 Å². The molecule has 0 aliphatic rings. The number of carbonyl (C=O) groups excluding carboxylic acids is 1. The second-order valence-electron chi connectivity index (χ2n) is 6.15. The van der Waals surface area contributed by atoms with Crippen LogP contribution < -0.4 is 4.90 Å². The Hall–Kier alpha value is -1.51. The molecule has 0 unspecified atom stereocenters. The highest BCUT2D eigenvalue weighted by molar-refractivity contribution is 5.89. The van der Waals surface area contributed by atoms with Crippen LogP contribution >= 0.6 is 0 Å². The van der Waals surface area contributed by atoms with Gasteiger partial charge in [-0.15, -0.1) is 0 Å². The molecule has 0 radical (unpaired) electrons. The smallest absolute Gasteiger partial charge is 0.414 e. The summed E-state index contributed by atoms with van der Waals surface area (Å²) < 4.78 is 5.14. The molecule has 1 aromatic rings. The maximum atomic E-state index is 12.1. The fraction of sp³-hybridized carbons (Fsp3) is 0.588. The molecular formula is C17H27NO2. The molecule has 20 heavy (non-hydrogen) atoms. The van der Waals surface area contributed by atoms with Gasteiger partial charge in [0.15, 0.2) is 0 Å². The van der Waals surface area contributed by atoms with Crippen LogP contribution in [0.15, 0.2) is 12.1 Å². The summed E-state index contributed by atoms with van der Waals surface area (Å²) in [6.45, 7) is 15.5. The minimum absolute atomic E-state index is 0.106. The van der Waals surface area contributed by atoms with Crippen molar-refractivity contribution in [3.63, 3.8) is 0 Å². The lowest BCUT2D eigenvalue weighted by atomic mass is 9.84. The van der Waals surface area contributed by atoms with E-state index < -0.39 is 0 Å². The van der Waals surface area contributed by atoms with Gasteiger partial charge in [0.1, 0.15) is 0 Å². The molecule has 0 bridgehead atoms. The number of amides is 1. The summed E-state index contributed by atoms with van der Waals surface area (Å²) in [7, 11) is 0. The summed E-state index contributed by atoms with van der Waals surface area (Å²) in [6.07, 6.45) is -0.273. The van der Waals surface area contributed by atoms with E-state index in [1.807, 2.05) is 13.8 Å². The minimum atomic E-state index is -0.273. The van der Waals surface area contributed by atoms with Crippen LogP contribution in [0.1, 0.15) is 51.3 Å². The van der Waals surface area contributed by atoms with Crippen LogP contribution in [-0.2, 0) is 10.2 Å². The summed E-state index contributed by atoms with van der Waals surface area (Å²) in [5.41, 5.74) is 4.60. The molecule has 0 heterocycles. The van der Waals surface area contributed by atoms with E-state index >= 15 is 0 Å². The third-order valence-corrected chi connectivity index (χ3v) is 3.43. The van der Waals surface area contributed by atoms with Crippen LogP contribution in [0.4, 0.5) is 10.5 Å². The van der Waals surface area contributed by atoms with Crippen molar-refractivity contribution in [1.29, 1.82) is 0 Å². The second kappa shape index (κ2) is 6.29. The molecule has 112 valence electrons. The lowest BCUT2D eigenvalue weighted by Gasteiger charge is -2.27. The van der Waals surface area contributed by atoms with Crippen molar-refractivity contribution in [1.82, 2.24) is 0 Å². The van der Waals surface area contributed by atoms with E-state index in [1.165, 1.54) is 5.56 Å². The number of benzene rings is 1. The Morgan fingerprint density at radius 3 is 2.00 bits per heavy atom. The fourth-order valence-corrected chi connectivity index (χ4v) is 2.39. The van der Waals surface area contributed by atoms with Gasteiger partial charge in [-0.25, -0.2) is 4.79 Å². The first-order chi connectivity index (χ1) is 9.22. The number of ether oxygens (including phenoxy) is 1. The van der Waals surface area contributed by atoms with E-state index in [9.17, 15) is 4.79 Å². The highest BCUT2D eigenvalue weighted by atomic mass is 16.6. The average Bonchev–Trinajstić information content (AvgIpc) is 2.32. The molecule has 0 saturated carbocycles. The molecule has 3 heteroatoms. The zero-order valence-corrected chi connectivity index (χ0v) is 13.8. The third-order valence-electron chi connectivity index (χ3n) is 3.43. The number of hydrogen-bond acceptors (Lipinski definition) is 2. The largest absolute Gasteiger partial charge is 0.449 e. The van der Waals surface area contributed by atoms with Crippen molar-refractivity contribution < 1.29 is 9.53 Å². The number of nitrogens with zero attached hydrogens (tertiary/aromatic N) is 1. The molecule has 0 N–H and O–H groups in total. The Morgan fingerprint density at radius 1 is 1.15 bits per heavy atom. The third kappa shape index (κ3) is 3.53. The van der Waals surface area contributed by atoms with Crippen molar-refractivity contribution in [2.45, 2.75) is 53.9 Å². The Labute approximate surface area is 122 Å². The van der Waals surface area contributed by atoms with E-state index in [4.69, 9.17) is 4.74 Å². The van der Waals surface area contributed by atoms with Gasteiger partial charge in [-0.05, 0) is 49.8 Å². The van der Waals surface area contributed by atoms with Gasteiger partial charge >= 0.3 is 6.09 Å². The topological polar surface area (TPSA) is 29.5 Å². The van der Waals surface area contributed by atoms with Gasteiger partial charge in [0, 0.05) is 6.54 Å². The number of hydrogen-bond donors (Lipinski definition) is 0. The molecule has 1 amide bonds. The summed E-state index contributed by atoms with van der Waals surface area (Å²) in [5, 5.41) is 0. The lowest BCUT2D eigenvalue weighted by molar-refractivity contribution is 0.160. The minimum Gasteiger partial charge on any atom is -0.449 e. The molecule has 0 aliphatic carbocycles. The van der Waals surface area contributed by atoms with Crippen molar-refractivity contribution >= 4 is 11.8 Å². The summed E-state index contributed by atoms with van der Waals surface area (Å²) >= 11 is 0. The molecule has 1 aromatic carbocycles. The normalized spacial score (nSPS) is 11.3. The Balaban J connectivity index is 3.28. The van der Waals surface area contributed by atoms with Crippen molar-refractivity contribution in [3.8, 4) is 0 Å². The second-order valence-corrected chi connectivity index (χ2v) is 6.15. The lowest BCUT2D eigenvalue weighted by Crippen LogP contribution is -2.32. The molecule has 0 saturated heterocycles. The summed E-state index contributed by atoms with van der Waals surface area (Å²) in [4.78, 5) is 13.8. The van der Waals surface area contributed by atoms with Gasteiger partial charge in [-0.1, -0.05) is 32.9 Å². The van der Waals surface area contributed by atoms with Crippen LogP contribution in [0, 0.1) is 13.8 Å². The molecule has 0 fully saturated rings. The van der Waals surface area contributed by atoms with Gasteiger partial charge < -0.3 is 4.74 Å². The summed E-state index contributed by atoms with van der Waals surface area (Å²) in [6, 6.07) is 4.34. The maximum Gasteiger partial charge on any atom is 0.414 e. The van der Waals surface area contributed by atoms with Gasteiger partial charge in [0.05, 0.1) is 12.3 Å². The van der Waals surface area contributed by atoms with E-state index in [0.29, 0.717) is 13.2 Å². The predicted molar refractivity (Wildman–Crippen MR) is 84.7 cm³/mol. The maximum absolute atomic E-state index is 12.1. The van der Waals surface area contributed by atoms with Gasteiger partial charge in [-0.2, -0.15) is 0 Å². The van der Waals surface area contributed by atoms with E-state index in [1.54, 1.807) is 4.90 Å². The van der Waals surface area contributed by atoms with Gasteiger partial charge in [0.2, 0.25) is 0 Å². The van der Waals surface area contributed by atoms with Gasteiger partial charge in [0.25, 0.3) is 0 Å². The van der Waals surface area contributed by atoms with Crippen LogP contribution in [0.2, 0.25) is 0 Å². The van der Waals surface area contributed by atoms with Crippen LogP contribution in [0.3, 0.4) is 0 Å². The van der Waals surface area contributed by atoms with E-state index in [0.717, 1.165) is 16.8 Å². The molecule has 3 nitrogen and oxygen atoms in total. The van der Waals surface area contributed by atoms with E-state index in [2.05, 4.69) is 46.8 Å². The number of carbonyl (C=O) groups is 1. The number of anilines is 1. The number of rotatable bonds is 3. The first-order valence-corrected chi connectivity index (χ1v) is 7.28. The molecule has 0 aromatic heterocycles. The Morgan fingerprint density at radius 2 is 1.65 bits per heavy atom. The number of aryl methyl sites for hydroxylation is 2. The zero-order valence-electron chi connectivity index (χ0n) is 13.8. The molecular weight excluding hydrogens is 250 g/mol. The standard InChI is InChI=1S/C17H27NO2/c1-8-18(16(19)20-9-2)15-12(3)10-14(11-13(15)4)17(5,6)7/h10-11H,8-9H2,1-7H3. The predicted octanol–water partition coefficient (Wildman–Crippen LogP) is 4.58. The first kappa shape index (κ1) is 16.5. The SMILES string of the molecule is CCOC(=O)N(CC)c1c(C)cc(C(C)(C)C)cc1C. The van der Waals surface area contributed by atoms with Crippen molar-refractivity contribution in [2.24, 2.45) is 0 Å². The Bertz CT molecular complexity index is 463. The first-order valence-electron chi connectivity index (χ1n) is 7.28. The highest BCUT2D eigenvalue weighted by Gasteiger charge is 2.22. The molecule has 0 atom stereocenters.